The van der Waals surface area contributed by atoms with Gasteiger partial charge in [0.1, 0.15) is 5.82 Å². The van der Waals surface area contributed by atoms with Gasteiger partial charge in [-0.2, -0.15) is 0 Å². The van der Waals surface area contributed by atoms with Crippen molar-refractivity contribution in [1.82, 2.24) is 10.3 Å². The molecule has 1 aromatic rings. The highest BCUT2D eigenvalue weighted by molar-refractivity contribution is 5.48. The molecule has 0 aromatic carbocycles. The summed E-state index contributed by atoms with van der Waals surface area (Å²) in [5.74, 6) is 1.01. The van der Waals surface area contributed by atoms with E-state index >= 15 is 0 Å². The number of aliphatic hydroxyl groups excluding tert-OH is 1. The zero-order valence-corrected chi connectivity index (χ0v) is 12.2. The second-order valence-corrected chi connectivity index (χ2v) is 5.16. The average Bonchev–Trinajstić information content (AvgIpc) is 2.42. The highest BCUT2D eigenvalue weighted by Crippen LogP contribution is 2.29. The fourth-order valence-corrected chi connectivity index (χ4v) is 2.49. The molecule has 1 heterocycles. The lowest BCUT2D eigenvalue weighted by Gasteiger charge is -2.39. The third-order valence-corrected chi connectivity index (χ3v) is 3.79. The van der Waals surface area contributed by atoms with Crippen LogP contribution in [0.15, 0.2) is 18.3 Å². The Morgan fingerprint density at radius 1 is 1.50 bits per heavy atom. The Morgan fingerprint density at radius 2 is 2.35 bits per heavy atom. The van der Waals surface area contributed by atoms with Gasteiger partial charge in [0.15, 0.2) is 0 Å². The Balaban J connectivity index is 2.03. The molecule has 1 aromatic heterocycles. The molecule has 1 aliphatic carbocycles. The van der Waals surface area contributed by atoms with E-state index in [2.05, 4.69) is 21.3 Å². The minimum Gasteiger partial charge on any atom is -0.395 e. The SMILES string of the molecule is COCCNCc1cccnc1N(CCO)C1CCC1. The van der Waals surface area contributed by atoms with Crippen molar-refractivity contribution in [3.63, 3.8) is 0 Å². The maximum Gasteiger partial charge on any atom is 0.133 e. The third kappa shape index (κ3) is 3.91. The summed E-state index contributed by atoms with van der Waals surface area (Å²) in [5, 5.41) is 12.7. The van der Waals surface area contributed by atoms with Gasteiger partial charge in [-0.1, -0.05) is 6.07 Å². The van der Waals surface area contributed by atoms with Crippen molar-refractivity contribution < 1.29 is 9.84 Å². The summed E-state index contributed by atoms with van der Waals surface area (Å²) in [6.45, 7) is 3.14. The van der Waals surface area contributed by atoms with E-state index in [4.69, 9.17) is 4.74 Å². The number of aliphatic hydroxyl groups is 1. The monoisotopic (exact) mass is 279 g/mol. The van der Waals surface area contributed by atoms with Crippen LogP contribution in [0, 0.1) is 0 Å². The van der Waals surface area contributed by atoms with Crippen molar-refractivity contribution in [2.45, 2.75) is 31.8 Å². The van der Waals surface area contributed by atoms with E-state index < -0.39 is 0 Å². The number of methoxy groups -OCH3 is 1. The van der Waals surface area contributed by atoms with Crippen LogP contribution in [0.5, 0.6) is 0 Å². The fraction of sp³-hybridized carbons (Fsp3) is 0.667. The predicted molar refractivity (Wildman–Crippen MR) is 79.9 cm³/mol. The molecule has 0 radical (unpaired) electrons. The van der Waals surface area contributed by atoms with Crippen LogP contribution in [0.2, 0.25) is 0 Å². The molecule has 2 N–H and O–H groups in total. The highest BCUT2D eigenvalue weighted by Gasteiger charge is 2.26. The molecule has 5 heteroatoms. The average molecular weight is 279 g/mol. The van der Waals surface area contributed by atoms with Gasteiger partial charge in [0.2, 0.25) is 0 Å². The molecular formula is C15H25N3O2. The molecule has 0 unspecified atom stereocenters. The van der Waals surface area contributed by atoms with E-state index in [1.807, 2.05) is 12.3 Å². The number of hydrogen-bond acceptors (Lipinski definition) is 5. The van der Waals surface area contributed by atoms with E-state index in [1.54, 1.807) is 7.11 Å². The Bertz CT molecular complexity index is 396. The van der Waals surface area contributed by atoms with Gasteiger partial charge in [-0.15, -0.1) is 0 Å². The lowest BCUT2D eigenvalue weighted by Crippen LogP contribution is -2.43. The first-order chi connectivity index (χ1) is 9.86. The van der Waals surface area contributed by atoms with Crippen LogP contribution >= 0.6 is 0 Å². The first-order valence-electron chi connectivity index (χ1n) is 7.38. The van der Waals surface area contributed by atoms with Crippen LogP contribution in [0.1, 0.15) is 24.8 Å². The first-order valence-corrected chi connectivity index (χ1v) is 7.38. The molecule has 1 saturated carbocycles. The molecule has 2 rings (SSSR count). The summed E-state index contributed by atoms with van der Waals surface area (Å²) in [4.78, 5) is 6.80. The second kappa shape index (κ2) is 8.19. The van der Waals surface area contributed by atoms with Crippen LogP contribution in [0.3, 0.4) is 0 Å². The Morgan fingerprint density at radius 3 is 3.00 bits per heavy atom. The van der Waals surface area contributed by atoms with Crippen molar-refractivity contribution in [2.75, 3.05) is 38.3 Å². The van der Waals surface area contributed by atoms with E-state index in [0.29, 0.717) is 19.2 Å². The summed E-state index contributed by atoms with van der Waals surface area (Å²) in [6, 6.07) is 4.61. The van der Waals surface area contributed by atoms with Crippen LogP contribution in [-0.2, 0) is 11.3 Å². The number of nitrogens with one attached hydrogen (secondary N) is 1. The fourth-order valence-electron chi connectivity index (χ4n) is 2.49. The number of pyridine rings is 1. The maximum atomic E-state index is 9.30. The standard InChI is InChI=1S/C15H25N3O2/c1-20-11-8-16-12-13-4-3-7-17-15(13)18(9-10-19)14-5-2-6-14/h3-4,7,14,16,19H,2,5-6,8-12H2,1H3. The molecule has 0 saturated heterocycles. The lowest BCUT2D eigenvalue weighted by atomic mass is 9.91. The van der Waals surface area contributed by atoms with E-state index in [-0.39, 0.29) is 6.61 Å². The molecule has 1 aliphatic rings. The van der Waals surface area contributed by atoms with Crippen LogP contribution < -0.4 is 10.2 Å². The third-order valence-electron chi connectivity index (χ3n) is 3.79. The summed E-state index contributed by atoms with van der Waals surface area (Å²) in [6.07, 6.45) is 5.51. The van der Waals surface area contributed by atoms with E-state index in [1.165, 1.54) is 24.8 Å². The number of anilines is 1. The van der Waals surface area contributed by atoms with E-state index in [9.17, 15) is 5.11 Å². The van der Waals surface area contributed by atoms with Gasteiger partial charge >= 0.3 is 0 Å². The number of ether oxygens (including phenoxy) is 1. The highest BCUT2D eigenvalue weighted by atomic mass is 16.5. The molecule has 0 atom stereocenters. The lowest BCUT2D eigenvalue weighted by molar-refractivity contribution is 0.199. The van der Waals surface area contributed by atoms with Crippen LogP contribution in [0.4, 0.5) is 5.82 Å². The van der Waals surface area contributed by atoms with Crippen LogP contribution in [-0.4, -0.2) is 49.5 Å². The summed E-state index contributed by atoms with van der Waals surface area (Å²) < 4.78 is 5.04. The van der Waals surface area contributed by atoms with Crippen LogP contribution in [0.25, 0.3) is 0 Å². The number of nitrogens with zero attached hydrogens (tertiary/aromatic N) is 2. The quantitative estimate of drug-likeness (QED) is 0.665. The Hall–Kier alpha value is -1.17. The normalized spacial score (nSPS) is 15.1. The van der Waals surface area contributed by atoms with Gasteiger partial charge in [-0.25, -0.2) is 4.98 Å². The van der Waals surface area contributed by atoms with Gasteiger partial charge < -0.3 is 20.1 Å². The molecular weight excluding hydrogens is 254 g/mol. The van der Waals surface area contributed by atoms with Gasteiger partial charge in [0.05, 0.1) is 13.2 Å². The number of rotatable bonds is 9. The minimum absolute atomic E-state index is 0.170. The Kier molecular flexibility index (Phi) is 6.24. The van der Waals surface area contributed by atoms with Gasteiger partial charge in [-0.05, 0) is 25.3 Å². The van der Waals surface area contributed by atoms with Crippen molar-refractivity contribution in [3.05, 3.63) is 23.9 Å². The predicted octanol–water partition coefficient (Wildman–Crippen LogP) is 1.17. The molecule has 0 bridgehead atoms. The van der Waals surface area contributed by atoms with E-state index in [0.717, 1.165) is 18.9 Å². The summed E-state index contributed by atoms with van der Waals surface area (Å²) in [7, 11) is 1.71. The zero-order chi connectivity index (χ0) is 14.2. The largest absolute Gasteiger partial charge is 0.395 e. The molecule has 0 amide bonds. The van der Waals surface area contributed by atoms with Gasteiger partial charge in [-0.3, -0.25) is 0 Å². The topological polar surface area (TPSA) is 57.6 Å². The molecule has 0 spiro atoms. The molecule has 5 nitrogen and oxygen atoms in total. The second-order valence-electron chi connectivity index (χ2n) is 5.16. The number of hydrogen-bond donors (Lipinski definition) is 2. The van der Waals surface area contributed by atoms with Gasteiger partial charge in [0.25, 0.3) is 0 Å². The van der Waals surface area contributed by atoms with Crippen molar-refractivity contribution in [3.8, 4) is 0 Å². The summed E-state index contributed by atoms with van der Waals surface area (Å²) >= 11 is 0. The Labute approximate surface area is 121 Å². The van der Waals surface area contributed by atoms with Crippen molar-refractivity contribution in [1.29, 1.82) is 0 Å². The molecule has 112 valence electrons. The summed E-state index contributed by atoms with van der Waals surface area (Å²) in [5.41, 5.74) is 1.18. The molecule has 0 aliphatic heterocycles. The first kappa shape index (κ1) is 15.2. The minimum atomic E-state index is 0.170. The zero-order valence-electron chi connectivity index (χ0n) is 12.2. The molecule has 1 fully saturated rings. The van der Waals surface area contributed by atoms with Gasteiger partial charge in [0, 0.05) is 44.5 Å². The molecule has 20 heavy (non-hydrogen) atoms. The van der Waals surface area contributed by atoms with Crippen molar-refractivity contribution >= 4 is 5.82 Å². The maximum absolute atomic E-state index is 9.30. The number of aromatic nitrogens is 1. The smallest absolute Gasteiger partial charge is 0.133 e. The van der Waals surface area contributed by atoms with Crippen molar-refractivity contribution in [2.24, 2.45) is 0 Å².